The number of benzene rings is 1. The highest BCUT2D eigenvalue weighted by molar-refractivity contribution is 5.88. The Morgan fingerprint density at radius 2 is 1.96 bits per heavy atom. The molecule has 1 aromatic rings. The number of hydrogen-bond acceptors (Lipinski definition) is 4. The van der Waals surface area contributed by atoms with Gasteiger partial charge in [0.2, 0.25) is 5.91 Å². The number of hydrogen-bond donors (Lipinski definition) is 1. The van der Waals surface area contributed by atoms with E-state index >= 15 is 0 Å². The lowest BCUT2D eigenvalue weighted by molar-refractivity contribution is -0.152. The Kier molecular flexibility index (Phi) is 5.91. The molecule has 6 heteroatoms. The lowest BCUT2D eigenvalue weighted by Crippen LogP contribution is -2.35. The Labute approximate surface area is 153 Å². The smallest absolute Gasteiger partial charge is 0.311 e. The number of likely N-dealkylation sites (tertiary alicyclic amines) is 1. The van der Waals surface area contributed by atoms with Crippen LogP contribution in [0.5, 0.6) is 0 Å². The summed E-state index contributed by atoms with van der Waals surface area (Å²) in [7, 11) is 0. The van der Waals surface area contributed by atoms with Crippen molar-refractivity contribution in [3.63, 3.8) is 0 Å². The molecule has 0 aromatic heterocycles. The third kappa shape index (κ3) is 4.42. The molecule has 0 spiro atoms. The third-order valence-corrected chi connectivity index (χ3v) is 5.34. The summed E-state index contributed by atoms with van der Waals surface area (Å²) in [5.74, 6) is -1.21. The first kappa shape index (κ1) is 18.4. The molecule has 1 saturated heterocycles. The number of aryl methyl sites for hydroxylation is 1. The topological polar surface area (TPSA) is 75.7 Å². The SMILES string of the molecule is Cc1ccccc1CNC(=O)COC(=O)[C@@H]1CC(=O)N(C2CCCC2)C1. The average molecular weight is 358 g/mol. The van der Waals surface area contributed by atoms with Gasteiger partial charge in [-0.2, -0.15) is 0 Å². The number of esters is 1. The summed E-state index contributed by atoms with van der Waals surface area (Å²) in [6.07, 6.45) is 4.53. The van der Waals surface area contributed by atoms with Crippen molar-refractivity contribution in [2.75, 3.05) is 13.2 Å². The number of rotatable bonds is 6. The fourth-order valence-corrected chi connectivity index (χ4v) is 3.77. The van der Waals surface area contributed by atoms with E-state index in [4.69, 9.17) is 4.74 Å². The standard InChI is InChI=1S/C20H26N2O4/c1-14-6-2-3-7-15(14)11-21-18(23)13-26-20(25)16-10-19(24)22(12-16)17-8-4-5-9-17/h2-3,6-7,16-17H,4-5,8-13H2,1H3,(H,21,23)/t16-/m1/s1. The normalized spacial score (nSPS) is 20.4. The summed E-state index contributed by atoms with van der Waals surface area (Å²) in [5.41, 5.74) is 2.13. The Morgan fingerprint density at radius 3 is 2.69 bits per heavy atom. The zero-order valence-electron chi connectivity index (χ0n) is 15.2. The van der Waals surface area contributed by atoms with Gasteiger partial charge in [0.25, 0.3) is 5.91 Å². The van der Waals surface area contributed by atoms with E-state index in [2.05, 4.69) is 5.32 Å². The predicted octanol–water partition coefficient (Wildman–Crippen LogP) is 1.95. The van der Waals surface area contributed by atoms with E-state index < -0.39 is 11.9 Å². The van der Waals surface area contributed by atoms with E-state index in [-0.39, 0.29) is 30.9 Å². The first-order valence-corrected chi connectivity index (χ1v) is 9.32. The lowest BCUT2D eigenvalue weighted by Gasteiger charge is -2.23. The minimum absolute atomic E-state index is 0.0304. The zero-order chi connectivity index (χ0) is 18.5. The lowest BCUT2D eigenvalue weighted by atomic mass is 10.1. The van der Waals surface area contributed by atoms with Crippen LogP contribution in [0.25, 0.3) is 0 Å². The Bertz CT molecular complexity index is 682. The molecule has 2 fully saturated rings. The Hall–Kier alpha value is -2.37. The van der Waals surface area contributed by atoms with Gasteiger partial charge in [-0.25, -0.2) is 0 Å². The van der Waals surface area contributed by atoms with Gasteiger partial charge >= 0.3 is 5.97 Å². The maximum Gasteiger partial charge on any atom is 0.311 e. The van der Waals surface area contributed by atoms with Gasteiger partial charge in [0.05, 0.1) is 5.92 Å². The molecule has 1 aliphatic carbocycles. The van der Waals surface area contributed by atoms with Crippen LogP contribution in [0.4, 0.5) is 0 Å². The summed E-state index contributed by atoms with van der Waals surface area (Å²) in [6, 6.07) is 8.07. The van der Waals surface area contributed by atoms with Gasteiger partial charge in [-0.15, -0.1) is 0 Å². The molecule has 1 aliphatic heterocycles. The van der Waals surface area contributed by atoms with E-state index in [1.165, 1.54) is 0 Å². The summed E-state index contributed by atoms with van der Waals surface area (Å²) in [6.45, 7) is 2.50. The van der Waals surface area contributed by atoms with Gasteiger partial charge in [0, 0.05) is 25.6 Å². The van der Waals surface area contributed by atoms with E-state index in [1.54, 1.807) is 0 Å². The van der Waals surface area contributed by atoms with Gasteiger partial charge < -0.3 is 15.0 Å². The molecule has 1 heterocycles. The zero-order valence-corrected chi connectivity index (χ0v) is 15.2. The quantitative estimate of drug-likeness (QED) is 0.789. The van der Waals surface area contributed by atoms with Crippen LogP contribution in [0.1, 0.15) is 43.2 Å². The van der Waals surface area contributed by atoms with E-state index in [1.807, 2.05) is 36.1 Å². The van der Waals surface area contributed by atoms with Gasteiger partial charge in [0.1, 0.15) is 0 Å². The molecule has 1 N–H and O–H groups in total. The minimum Gasteiger partial charge on any atom is -0.455 e. The molecule has 140 valence electrons. The van der Waals surface area contributed by atoms with Crippen molar-refractivity contribution in [3.05, 3.63) is 35.4 Å². The number of nitrogens with one attached hydrogen (secondary N) is 1. The molecule has 2 aliphatic rings. The molecule has 1 saturated carbocycles. The highest BCUT2D eigenvalue weighted by atomic mass is 16.5. The monoisotopic (exact) mass is 358 g/mol. The van der Waals surface area contributed by atoms with Crippen LogP contribution >= 0.6 is 0 Å². The third-order valence-electron chi connectivity index (χ3n) is 5.34. The molecule has 6 nitrogen and oxygen atoms in total. The second-order valence-corrected chi connectivity index (χ2v) is 7.20. The Balaban J connectivity index is 1.41. The highest BCUT2D eigenvalue weighted by Crippen LogP contribution is 2.29. The predicted molar refractivity (Wildman–Crippen MR) is 96.1 cm³/mol. The number of amides is 2. The molecule has 26 heavy (non-hydrogen) atoms. The fourth-order valence-electron chi connectivity index (χ4n) is 3.77. The van der Waals surface area contributed by atoms with Crippen molar-refractivity contribution in [1.29, 1.82) is 0 Å². The molecule has 2 amide bonds. The van der Waals surface area contributed by atoms with Crippen LogP contribution in [-0.4, -0.2) is 41.9 Å². The second-order valence-electron chi connectivity index (χ2n) is 7.20. The number of carbonyl (C=O) groups is 3. The maximum absolute atomic E-state index is 12.2. The van der Waals surface area contributed by atoms with Crippen molar-refractivity contribution < 1.29 is 19.1 Å². The largest absolute Gasteiger partial charge is 0.455 e. The molecule has 1 aromatic carbocycles. The average Bonchev–Trinajstić information content (AvgIpc) is 3.28. The number of nitrogens with zero attached hydrogens (tertiary/aromatic N) is 1. The van der Waals surface area contributed by atoms with Crippen LogP contribution in [0.3, 0.4) is 0 Å². The maximum atomic E-state index is 12.2. The molecule has 3 rings (SSSR count). The molecule has 0 unspecified atom stereocenters. The van der Waals surface area contributed by atoms with Crippen molar-refractivity contribution in [2.45, 2.75) is 51.6 Å². The van der Waals surface area contributed by atoms with E-state index in [0.717, 1.165) is 36.8 Å². The van der Waals surface area contributed by atoms with Crippen LogP contribution in [0.2, 0.25) is 0 Å². The van der Waals surface area contributed by atoms with Crippen molar-refractivity contribution in [2.24, 2.45) is 5.92 Å². The number of ether oxygens (including phenoxy) is 1. The highest BCUT2D eigenvalue weighted by Gasteiger charge is 2.39. The van der Waals surface area contributed by atoms with Crippen molar-refractivity contribution in [3.8, 4) is 0 Å². The first-order valence-electron chi connectivity index (χ1n) is 9.32. The van der Waals surface area contributed by atoms with Crippen molar-refractivity contribution >= 4 is 17.8 Å². The Morgan fingerprint density at radius 1 is 1.23 bits per heavy atom. The fraction of sp³-hybridized carbons (Fsp3) is 0.550. The van der Waals surface area contributed by atoms with Crippen LogP contribution in [0, 0.1) is 12.8 Å². The number of carbonyl (C=O) groups excluding carboxylic acids is 3. The molecule has 1 atom stereocenters. The van der Waals surface area contributed by atoms with Crippen molar-refractivity contribution in [1.82, 2.24) is 10.2 Å². The van der Waals surface area contributed by atoms with Crippen LogP contribution in [0.15, 0.2) is 24.3 Å². The summed E-state index contributed by atoms with van der Waals surface area (Å²) >= 11 is 0. The summed E-state index contributed by atoms with van der Waals surface area (Å²) < 4.78 is 5.14. The molecular weight excluding hydrogens is 332 g/mol. The van der Waals surface area contributed by atoms with E-state index in [0.29, 0.717) is 13.1 Å². The van der Waals surface area contributed by atoms with E-state index in [9.17, 15) is 14.4 Å². The van der Waals surface area contributed by atoms with Crippen LogP contribution < -0.4 is 5.32 Å². The minimum atomic E-state index is -0.454. The summed E-state index contributed by atoms with van der Waals surface area (Å²) in [5, 5.41) is 2.75. The van der Waals surface area contributed by atoms with Gasteiger partial charge in [-0.05, 0) is 30.9 Å². The molecular formula is C20H26N2O4. The van der Waals surface area contributed by atoms with Crippen LogP contribution in [-0.2, 0) is 25.7 Å². The van der Waals surface area contributed by atoms with Gasteiger partial charge in [-0.3, -0.25) is 14.4 Å². The van der Waals surface area contributed by atoms with Gasteiger partial charge in [-0.1, -0.05) is 37.1 Å². The second kappa shape index (κ2) is 8.34. The molecule has 0 radical (unpaired) electrons. The summed E-state index contributed by atoms with van der Waals surface area (Å²) in [4.78, 5) is 38.1. The first-order chi connectivity index (χ1) is 12.5. The molecule has 0 bridgehead atoms. The van der Waals surface area contributed by atoms with Gasteiger partial charge in [0.15, 0.2) is 6.61 Å².